The molecular formula is C24H24F3N5O4. The van der Waals surface area contributed by atoms with E-state index in [0.29, 0.717) is 0 Å². The van der Waals surface area contributed by atoms with Crippen LogP contribution in [0.4, 0.5) is 19.0 Å². The minimum absolute atomic E-state index is 0.846. The van der Waals surface area contributed by atoms with E-state index in [2.05, 4.69) is 31.3 Å². The molecule has 4 aromatic rings. The second-order valence-electron chi connectivity index (χ2n) is 8.01. The van der Waals surface area contributed by atoms with Gasteiger partial charge in [-0.1, -0.05) is 0 Å². The van der Waals surface area contributed by atoms with Crippen molar-refractivity contribution in [1.29, 1.82) is 0 Å². The second-order valence-corrected chi connectivity index (χ2v) is 8.01. The number of aromatic nitrogens is 3. The number of carboxylic acids is 1. The van der Waals surface area contributed by atoms with E-state index in [1.54, 1.807) is 13.4 Å². The van der Waals surface area contributed by atoms with Gasteiger partial charge in [-0.25, -0.2) is 14.8 Å². The molecule has 190 valence electrons. The van der Waals surface area contributed by atoms with E-state index in [0.717, 1.165) is 61.2 Å². The molecule has 0 bridgehead atoms. The number of hydrogen-bond donors (Lipinski definition) is 1. The highest BCUT2D eigenvalue weighted by Crippen LogP contribution is 2.27. The number of ether oxygens (including phenoxy) is 1. The van der Waals surface area contributed by atoms with E-state index in [-0.39, 0.29) is 0 Å². The smallest absolute Gasteiger partial charge is 0.490 e. The minimum Gasteiger partial charge on any atom is -0.497 e. The summed E-state index contributed by atoms with van der Waals surface area (Å²) >= 11 is 0. The lowest BCUT2D eigenvalue weighted by Crippen LogP contribution is -2.46. The number of piperazine rings is 1. The van der Waals surface area contributed by atoms with Gasteiger partial charge in [0.1, 0.15) is 5.75 Å². The van der Waals surface area contributed by atoms with Crippen LogP contribution in [0, 0.1) is 0 Å². The highest BCUT2D eigenvalue weighted by molar-refractivity contribution is 5.73. The normalized spacial score (nSPS) is 14.4. The van der Waals surface area contributed by atoms with Crippen LogP contribution in [0.1, 0.15) is 5.56 Å². The number of rotatable bonds is 5. The molecule has 5 rings (SSSR count). The molecule has 4 heterocycles. The summed E-state index contributed by atoms with van der Waals surface area (Å²) in [5.41, 5.74) is 4.25. The average Bonchev–Trinajstić information content (AvgIpc) is 3.54. The largest absolute Gasteiger partial charge is 0.497 e. The van der Waals surface area contributed by atoms with Crippen molar-refractivity contribution in [2.24, 2.45) is 0 Å². The van der Waals surface area contributed by atoms with Gasteiger partial charge in [-0.05, 0) is 30.3 Å². The van der Waals surface area contributed by atoms with Crippen LogP contribution in [0.25, 0.3) is 16.9 Å². The van der Waals surface area contributed by atoms with Crippen LogP contribution in [0.15, 0.2) is 65.9 Å². The fourth-order valence-electron chi connectivity index (χ4n) is 3.86. The molecule has 0 aliphatic carbocycles. The summed E-state index contributed by atoms with van der Waals surface area (Å²) in [7, 11) is 1.68. The number of fused-ring (bicyclic) bond motifs is 1. The van der Waals surface area contributed by atoms with Gasteiger partial charge in [0.2, 0.25) is 0 Å². The number of furan rings is 1. The Kier molecular flexibility index (Phi) is 7.44. The number of carbonyl (C=O) groups is 1. The number of carboxylic acid groups (broad SMARTS) is 1. The first-order valence-electron chi connectivity index (χ1n) is 11.0. The number of halogens is 3. The summed E-state index contributed by atoms with van der Waals surface area (Å²) in [5.74, 6) is -0.971. The molecule has 12 heteroatoms. The third-order valence-electron chi connectivity index (χ3n) is 5.70. The zero-order chi connectivity index (χ0) is 25.7. The molecule has 3 aromatic heterocycles. The van der Waals surface area contributed by atoms with E-state index < -0.39 is 12.1 Å². The van der Waals surface area contributed by atoms with Gasteiger partial charge in [-0.2, -0.15) is 13.2 Å². The zero-order valence-electron chi connectivity index (χ0n) is 19.4. The van der Waals surface area contributed by atoms with E-state index in [4.69, 9.17) is 24.0 Å². The maximum absolute atomic E-state index is 10.6. The lowest BCUT2D eigenvalue weighted by molar-refractivity contribution is -0.192. The van der Waals surface area contributed by atoms with Crippen molar-refractivity contribution >= 4 is 17.4 Å². The Morgan fingerprint density at radius 1 is 1.11 bits per heavy atom. The number of imidazole rings is 1. The first-order valence-corrected chi connectivity index (χ1v) is 11.0. The molecule has 9 nitrogen and oxygen atoms in total. The predicted molar refractivity (Wildman–Crippen MR) is 125 cm³/mol. The monoisotopic (exact) mass is 503 g/mol. The van der Waals surface area contributed by atoms with Crippen molar-refractivity contribution in [2.45, 2.75) is 12.7 Å². The predicted octanol–water partition coefficient (Wildman–Crippen LogP) is 3.95. The molecule has 1 aliphatic rings. The van der Waals surface area contributed by atoms with Crippen molar-refractivity contribution < 1.29 is 32.2 Å². The number of anilines is 1. The molecular weight excluding hydrogens is 479 g/mol. The van der Waals surface area contributed by atoms with Gasteiger partial charge < -0.3 is 19.2 Å². The van der Waals surface area contributed by atoms with Crippen LogP contribution < -0.4 is 9.64 Å². The minimum atomic E-state index is -5.08. The lowest BCUT2D eigenvalue weighted by atomic mass is 10.1. The Balaban J connectivity index is 0.000000384. The summed E-state index contributed by atoms with van der Waals surface area (Å²) in [6, 6.07) is 10.1. The number of methoxy groups -OCH3 is 1. The molecule has 1 fully saturated rings. The van der Waals surface area contributed by atoms with Crippen molar-refractivity contribution in [3.8, 4) is 17.0 Å². The summed E-state index contributed by atoms with van der Waals surface area (Å²) in [5, 5.41) is 7.12. The van der Waals surface area contributed by atoms with E-state index in [1.807, 2.05) is 43.1 Å². The number of aliphatic carboxylic acids is 1. The van der Waals surface area contributed by atoms with E-state index in [1.165, 1.54) is 5.56 Å². The van der Waals surface area contributed by atoms with E-state index >= 15 is 0 Å². The number of nitrogens with zero attached hydrogens (tertiary/aromatic N) is 5. The van der Waals surface area contributed by atoms with Gasteiger partial charge in [-0.15, -0.1) is 0 Å². The molecule has 0 atom stereocenters. The fourth-order valence-corrected chi connectivity index (χ4v) is 3.86. The zero-order valence-corrected chi connectivity index (χ0v) is 19.4. The number of alkyl halides is 3. The Bertz CT molecular complexity index is 1280. The quantitative estimate of drug-likeness (QED) is 0.437. The Labute approximate surface area is 204 Å². The summed E-state index contributed by atoms with van der Waals surface area (Å²) < 4.78 is 44.3. The highest BCUT2D eigenvalue weighted by atomic mass is 19.4. The standard InChI is InChI=1S/C22H23N5O2.C2HF3O2/c1-28-19-4-2-18(3-5-19)20-14-24-22-21(23-7-8-27(20)22)26-11-9-25(10-12-26)15-17-6-13-29-16-17;3-2(4,5)1(6)7/h2-8,13-14,16H,9-12,15H2,1H3;(H,6,7). The first-order chi connectivity index (χ1) is 17.3. The third kappa shape index (κ3) is 5.77. The molecule has 0 unspecified atom stereocenters. The van der Waals surface area contributed by atoms with Crippen LogP contribution in [-0.2, 0) is 11.3 Å². The van der Waals surface area contributed by atoms with Gasteiger partial charge in [-0.3, -0.25) is 9.30 Å². The second kappa shape index (κ2) is 10.7. The summed E-state index contributed by atoms with van der Waals surface area (Å²) in [6.45, 7) is 4.75. The molecule has 0 amide bonds. The number of benzene rings is 1. The molecule has 1 aromatic carbocycles. The lowest BCUT2D eigenvalue weighted by Gasteiger charge is -2.35. The van der Waals surface area contributed by atoms with Gasteiger partial charge in [0.15, 0.2) is 11.5 Å². The van der Waals surface area contributed by atoms with Crippen molar-refractivity contribution in [3.05, 3.63) is 67.0 Å². The van der Waals surface area contributed by atoms with Gasteiger partial charge in [0.25, 0.3) is 0 Å². The van der Waals surface area contributed by atoms with Gasteiger partial charge >= 0.3 is 12.1 Å². The Morgan fingerprint density at radius 2 is 1.81 bits per heavy atom. The van der Waals surface area contributed by atoms with Crippen LogP contribution in [0.3, 0.4) is 0 Å². The molecule has 1 N–H and O–H groups in total. The van der Waals surface area contributed by atoms with Gasteiger partial charge in [0.05, 0.1) is 31.5 Å². The van der Waals surface area contributed by atoms with Gasteiger partial charge in [0, 0.05) is 56.2 Å². The average molecular weight is 503 g/mol. The molecule has 0 radical (unpaired) electrons. The Morgan fingerprint density at radius 3 is 2.39 bits per heavy atom. The van der Waals surface area contributed by atoms with Crippen LogP contribution in [-0.4, -0.2) is 69.8 Å². The van der Waals surface area contributed by atoms with Crippen molar-refractivity contribution in [1.82, 2.24) is 19.3 Å². The number of hydrogen-bond acceptors (Lipinski definition) is 7. The maximum atomic E-state index is 10.6. The van der Waals surface area contributed by atoms with E-state index in [9.17, 15) is 13.2 Å². The maximum Gasteiger partial charge on any atom is 0.490 e. The van der Waals surface area contributed by atoms with Crippen molar-refractivity contribution in [2.75, 3.05) is 38.2 Å². The van der Waals surface area contributed by atoms with Crippen LogP contribution >= 0.6 is 0 Å². The first kappa shape index (κ1) is 25.0. The highest BCUT2D eigenvalue weighted by Gasteiger charge is 2.38. The molecule has 1 aliphatic heterocycles. The summed E-state index contributed by atoms with van der Waals surface area (Å²) in [4.78, 5) is 23.0. The molecule has 1 saturated heterocycles. The SMILES string of the molecule is COc1ccc(-c2cnc3c(N4CCN(Cc5ccoc5)CC4)nccn23)cc1.O=C(O)C(F)(F)F. The van der Waals surface area contributed by atoms with Crippen LogP contribution in [0.5, 0.6) is 5.75 Å². The fraction of sp³-hybridized carbons (Fsp3) is 0.292. The van der Waals surface area contributed by atoms with Crippen LogP contribution in [0.2, 0.25) is 0 Å². The topological polar surface area (TPSA) is 96.3 Å². The van der Waals surface area contributed by atoms with Crippen molar-refractivity contribution in [3.63, 3.8) is 0 Å². The summed E-state index contributed by atoms with van der Waals surface area (Å²) in [6.07, 6.45) is 4.21. The third-order valence-corrected chi connectivity index (χ3v) is 5.70. The Hall–Kier alpha value is -4.06. The molecule has 0 spiro atoms. The molecule has 0 saturated carbocycles. The molecule has 36 heavy (non-hydrogen) atoms.